The number of carbonyl (C=O) groups is 1. The average molecular weight is 301 g/mol. The van der Waals surface area contributed by atoms with Gasteiger partial charge >= 0.3 is 0 Å². The van der Waals surface area contributed by atoms with Crippen molar-refractivity contribution in [1.29, 1.82) is 0 Å². The average Bonchev–Trinajstić information content (AvgIpc) is 2.46. The fourth-order valence-corrected chi connectivity index (χ4v) is 1.90. The van der Waals surface area contributed by atoms with Gasteiger partial charge in [-0.2, -0.15) is 0 Å². The molecule has 2 rings (SSSR count). The molecule has 0 bridgehead atoms. The van der Waals surface area contributed by atoms with E-state index in [2.05, 4.69) is 5.32 Å². The molecule has 1 aromatic rings. The highest BCUT2D eigenvalue weighted by Gasteiger charge is 2.19. The number of nitrogens with two attached hydrogens (primary N) is 1. The molecule has 1 aliphatic heterocycles. The van der Waals surface area contributed by atoms with Gasteiger partial charge in [-0.1, -0.05) is 29.8 Å². The van der Waals surface area contributed by atoms with Gasteiger partial charge < -0.3 is 20.5 Å². The molecule has 6 heteroatoms. The van der Waals surface area contributed by atoms with Gasteiger partial charge in [-0.15, -0.1) is 12.4 Å². The van der Waals surface area contributed by atoms with E-state index >= 15 is 0 Å². The zero-order valence-corrected chi connectivity index (χ0v) is 12.3. The molecule has 0 aromatic heterocycles. The lowest BCUT2D eigenvalue weighted by atomic mass is 10.1. The van der Waals surface area contributed by atoms with E-state index in [9.17, 15) is 4.79 Å². The number of hydrogen-bond donors (Lipinski definition) is 2. The lowest BCUT2D eigenvalue weighted by Crippen LogP contribution is -2.42. The molecule has 1 heterocycles. The van der Waals surface area contributed by atoms with Gasteiger partial charge in [0.1, 0.15) is 6.04 Å². The fraction of sp³-hybridized carbons (Fsp3) is 0.500. The van der Waals surface area contributed by atoms with Crippen LogP contribution in [-0.4, -0.2) is 38.4 Å². The van der Waals surface area contributed by atoms with E-state index in [0.717, 1.165) is 11.1 Å². The van der Waals surface area contributed by atoms with Crippen molar-refractivity contribution in [3.05, 3.63) is 35.4 Å². The Morgan fingerprint density at radius 3 is 2.70 bits per heavy atom. The molecule has 0 aliphatic carbocycles. The summed E-state index contributed by atoms with van der Waals surface area (Å²) in [4.78, 5) is 11.9. The van der Waals surface area contributed by atoms with Gasteiger partial charge in [-0.3, -0.25) is 4.79 Å². The summed E-state index contributed by atoms with van der Waals surface area (Å²) in [5, 5.41) is 2.80. The van der Waals surface area contributed by atoms with Crippen LogP contribution in [0.3, 0.4) is 0 Å². The summed E-state index contributed by atoms with van der Waals surface area (Å²) in [6.07, 6.45) is -0.0806. The van der Waals surface area contributed by atoms with E-state index < -0.39 is 6.04 Å². The van der Waals surface area contributed by atoms with Crippen molar-refractivity contribution in [3.8, 4) is 0 Å². The zero-order valence-electron chi connectivity index (χ0n) is 11.5. The van der Waals surface area contributed by atoms with E-state index in [4.69, 9.17) is 15.2 Å². The van der Waals surface area contributed by atoms with Gasteiger partial charge in [0.15, 0.2) is 0 Å². The van der Waals surface area contributed by atoms with Crippen molar-refractivity contribution in [1.82, 2.24) is 5.32 Å². The first-order valence-electron chi connectivity index (χ1n) is 6.46. The number of ether oxygens (including phenoxy) is 2. The van der Waals surface area contributed by atoms with Gasteiger partial charge in [0.25, 0.3) is 0 Å². The van der Waals surface area contributed by atoms with Crippen molar-refractivity contribution in [2.75, 3.05) is 26.4 Å². The van der Waals surface area contributed by atoms with Crippen molar-refractivity contribution < 1.29 is 14.3 Å². The Labute approximate surface area is 125 Å². The molecule has 0 saturated carbocycles. The molecule has 1 aliphatic rings. The monoisotopic (exact) mass is 300 g/mol. The number of benzene rings is 1. The van der Waals surface area contributed by atoms with Gasteiger partial charge in [0.05, 0.1) is 25.9 Å². The van der Waals surface area contributed by atoms with Crippen LogP contribution in [0, 0.1) is 6.92 Å². The number of carbonyl (C=O) groups excluding carboxylic acids is 1. The van der Waals surface area contributed by atoms with E-state index in [-0.39, 0.29) is 24.4 Å². The van der Waals surface area contributed by atoms with Gasteiger partial charge in [-0.05, 0) is 12.5 Å². The maximum Gasteiger partial charge on any atom is 0.241 e. The molecule has 20 heavy (non-hydrogen) atoms. The highest BCUT2D eigenvalue weighted by Crippen LogP contribution is 2.11. The molecule has 0 radical (unpaired) electrons. The Balaban J connectivity index is 0.00000200. The second-order valence-corrected chi connectivity index (χ2v) is 4.70. The predicted octanol–water partition coefficient (Wildman–Crippen LogP) is 0.948. The smallest absolute Gasteiger partial charge is 0.241 e. The predicted molar refractivity (Wildman–Crippen MR) is 78.9 cm³/mol. The maximum absolute atomic E-state index is 11.9. The second-order valence-electron chi connectivity index (χ2n) is 4.70. The largest absolute Gasteiger partial charge is 0.376 e. The van der Waals surface area contributed by atoms with E-state index in [1.807, 2.05) is 31.2 Å². The maximum atomic E-state index is 11.9. The first-order valence-corrected chi connectivity index (χ1v) is 6.46. The van der Waals surface area contributed by atoms with Crippen molar-refractivity contribution in [2.24, 2.45) is 5.73 Å². The standard InChI is InChI=1S/C14H20N2O3.ClH/c1-10-2-4-11(5-3-10)13(15)14(17)16-8-12-9-18-6-7-19-12;/h2-5,12-13H,6-9,15H2,1H3,(H,16,17);1H. The number of hydrogen-bond acceptors (Lipinski definition) is 4. The van der Waals surface area contributed by atoms with Crippen LogP contribution >= 0.6 is 12.4 Å². The summed E-state index contributed by atoms with van der Waals surface area (Å²) < 4.78 is 10.7. The summed E-state index contributed by atoms with van der Waals surface area (Å²) in [5.41, 5.74) is 7.87. The van der Waals surface area contributed by atoms with E-state index in [0.29, 0.717) is 26.4 Å². The highest BCUT2D eigenvalue weighted by molar-refractivity contribution is 5.85. The second kappa shape index (κ2) is 8.21. The molecule has 3 N–H and O–H groups in total. The van der Waals surface area contributed by atoms with Crippen LogP contribution in [0.4, 0.5) is 0 Å². The normalized spacial score (nSPS) is 19.8. The first kappa shape index (κ1) is 16.9. The van der Waals surface area contributed by atoms with E-state index in [1.54, 1.807) is 0 Å². The first-order chi connectivity index (χ1) is 9.16. The molecule has 1 aromatic carbocycles. The topological polar surface area (TPSA) is 73.6 Å². The third kappa shape index (κ3) is 4.76. The lowest BCUT2D eigenvalue weighted by molar-refractivity contribution is -0.125. The van der Waals surface area contributed by atoms with Crippen LogP contribution in [0.15, 0.2) is 24.3 Å². The Morgan fingerprint density at radius 1 is 1.40 bits per heavy atom. The van der Waals surface area contributed by atoms with Gasteiger partial charge in [0.2, 0.25) is 5.91 Å². The minimum absolute atomic E-state index is 0. The van der Waals surface area contributed by atoms with Gasteiger partial charge in [-0.25, -0.2) is 0 Å². The molecule has 2 atom stereocenters. The summed E-state index contributed by atoms with van der Waals surface area (Å²) in [6, 6.07) is 6.99. The lowest BCUT2D eigenvalue weighted by Gasteiger charge is -2.23. The third-order valence-corrected chi connectivity index (χ3v) is 3.11. The van der Waals surface area contributed by atoms with Crippen LogP contribution in [0.5, 0.6) is 0 Å². The summed E-state index contributed by atoms with van der Waals surface area (Å²) in [7, 11) is 0. The number of rotatable bonds is 4. The number of nitrogens with one attached hydrogen (secondary N) is 1. The van der Waals surface area contributed by atoms with Crippen LogP contribution < -0.4 is 11.1 Å². The number of amides is 1. The van der Waals surface area contributed by atoms with Crippen molar-refractivity contribution >= 4 is 18.3 Å². The molecule has 1 saturated heterocycles. The van der Waals surface area contributed by atoms with Crippen LogP contribution in [-0.2, 0) is 14.3 Å². The quantitative estimate of drug-likeness (QED) is 0.868. The number of aryl methyl sites for hydroxylation is 1. The minimum Gasteiger partial charge on any atom is -0.376 e. The SMILES string of the molecule is Cc1ccc(C(N)C(=O)NCC2COCCO2)cc1.Cl. The summed E-state index contributed by atoms with van der Waals surface area (Å²) in [6.45, 7) is 4.13. The number of halogens is 1. The molecule has 2 unspecified atom stereocenters. The molecule has 0 spiro atoms. The third-order valence-electron chi connectivity index (χ3n) is 3.11. The summed E-state index contributed by atoms with van der Waals surface area (Å²) in [5.74, 6) is -0.196. The Kier molecular flexibility index (Phi) is 6.95. The Bertz CT molecular complexity index is 419. The van der Waals surface area contributed by atoms with Crippen LogP contribution in [0.2, 0.25) is 0 Å². The Morgan fingerprint density at radius 2 is 2.10 bits per heavy atom. The Hall–Kier alpha value is -1.14. The van der Waals surface area contributed by atoms with Crippen LogP contribution in [0.25, 0.3) is 0 Å². The molecule has 1 fully saturated rings. The molecular formula is C14H21ClN2O3. The van der Waals surface area contributed by atoms with Crippen molar-refractivity contribution in [2.45, 2.75) is 19.1 Å². The molecular weight excluding hydrogens is 280 g/mol. The minimum atomic E-state index is -0.648. The molecule has 1 amide bonds. The van der Waals surface area contributed by atoms with E-state index in [1.165, 1.54) is 0 Å². The highest BCUT2D eigenvalue weighted by atomic mass is 35.5. The van der Waals surface area contributed by atoms with Crippen molar-refractivity contribution in [3.63, 3.8) is 0 Å². The molecule has 112 valence electrons. The zero-order chi connectivity index (χ0) is 13.7. The fourth-order valence-electron chi connectivity index (χ4n) is 1.90. The van der Waals surface area contributed by atoms with Gasteiger partial charge in [0, 0.05) is 6.54 Å². The van der Waals surface area contributed by atoms with Crippen LogP contribution in [0.1, 0.15) is 17.2 Å². The molecule has 5 nitrogen and oxygen atoms in total. The summed E-state index contributed by atoms with van der Waals surface area (Å²) >= 11 is 0.